The SMILES string of the molecule is COOC(=O)COOC(C)(C)C. The van der Waals surface area contributed by atoms with Gasteiger partial charge in [0, 0.05) is 0 Å². The van der Waals surface area contributed by atoms with Gasteiger partial charge in [0.2, 0.25) is 0 Å². The lowest BCUT2D eigenvalue weighted by molar-refractivity contribution is -0.352. The average Bonchev–Trinajstić information content (AvgIpc) is 1.84. The van der Waals surface area contributed by atoms with Crippen LogP contribution in [-0.4, -0.2) is 25.3 Å². The summed E-state index contributed by atoms with van der Waals surface area (Å²) in [6, 6.07) is 0. The molecule has 0 amide bonds. The second-order valence-corrected chi connectivity index (χ2v) is 3.08. The minimum absolute atomic E-state index is 0.287. The van der Waals surface area contributed by atoms with Crippen LogP contribution in [0.2, 0.25) is 0 Å². The second kappa shape index (κ2) is 5.08. The minimum atomic E-state index is -0.637. The summed E-state index contributed by atoms with van der Waals surface area (Å²) < 4.78 is 0. The van der Waals surface area contributed by atoms with E-state index in [-0.39, 0.29) is 6.61 Å². The van der Waals surface area contributed by atoms with E-state index in [4.69, 9.17) is 4.89 Å². The van der Waals surface area contributed by atoms with Crippen molar-refractivity contribution in [3.63, 3.8) is 0 Å². The van der Waals surface area contributed by atoms with Crippen molar-refractivity contribution in [3.05, 3.63) is 0 Å². The van der Waals surface area contributed by atoms with Crippen LogP contribution in [0.5, 0.6) is 0 Å². The van der Waals surface area contributed by atoms with E-state index in [0.717, 1.165) is 0 Å². The fourth-order valence-corrected chi connectivity index (χ4v) is 0.371. The van der Waals surface area contributed by atoms with Gasteiger partial charge < -0.3 is 0 Å². The van der Waals surface area contributed by atoms with E-state index in [1.807, 2.05) is 0 Å². The van der Waals surface area contributed by atoms with Crippen molar-refractivity contribution < 1.29 is 24.3 Å². The third kappa shape index (κ3) is 7.46. The van der Waals surface area contributed by atoms with Crippen LogP contribution in [0.3, 0.4) is 0 Å². The minimum Gasteiger partial charge on any atom is -0.296 e. The zero-order valence-electron chi connectivity index (χ0n) is 7.75. The fraction of sp³-hybridized carbons (Fsp3) is 0.857. The quantitative estimate of drug-likeness (QED) is 0.471. The van der Waals surface area contributed by atoms with Crippen molar-refractivity contribution in [2.45, 2.75) is 26.4 Å². The molecule has 0 saturated carbocycles. The molecule has 12 heavy (non-hydrogen) atoms. The third-order valence-corrected chi connectivity index (χ3v) is 0.662. The van der Waals surface area contributed by atoms with Crippen LogP contribution in [0.1, 0.15) is 20.8 Å². The zero-order chi connectivity index (χ0) is 9.61. The molecule has 0 radical (unpaired) electrons. The summed E-state index contributed by atoms with van der Waals surface area (Å²) in [5.41, 5.74) is -0.437. The Morgan fingerprint density at radius 3 is 2.33 bits per heavy atom. The fourth-order valence-electron chi connectivity index (χ4n) is 0.371. The van der Waals surface area contributed by atoms with E-state index < -0.39 is 11.6 Å². The van der Waals surface area contributed by atoms with Gasteiger partial charge in [-0.25, -0.2) is 14.6 Å². The molecule has 0 atom stereocenters. The molecule has 0 aliphatic carbocycles. The lowest BCUT2D eigenvalue weighted by Crippen LogP contribution is -2.22. The molecule has 0 bridgehead atoms. The number of hydrogen-bond donors (Lipinski definition) is 0. The van der Waals surface area contributed by atoms with Crippen molar-refractivity contribution in [2.24, 2.45) is 0 Å². The van der Waals surface area contributed by atoms with Gasteiger partial charge >= 0.3 is 5.97 Å². The van der Waals surface area contributed by atoms with Gasteiger partial charge in [0.25, 0.3) is 0 Å². The lowest BCUT2D eigenvalue weighted by atomic mass is 10.2. The van der Waals surface area contributed by atoms with Crippen LogP contribution in [-0.2, 0) is 24.3 Å². The Morgan fingerprint density at radius 1 is 1.33 bits per heavy atom. The summed E-state index contributed by atoms with van der Waals surface area (Å²) >= 11 is 0. The predicted octanol–water partition coefficient (Wildman–Crippen LogP) is 0.838. The molecule has 0 spiro atoms. The largest absolute Gasteiger partial charge is 0.371 e. The van der Waals surface area contributed by atoms with Gasteiger partial charge in [0.15, 0.2) is 6.61 Å². The van der Waals surface area contributed by atoms with Crippen LogP contribution >= 0.6 is 0 Å². The predicted molar refractivity (Wildman–Crippen MR) is 39.9 cm³/mol. The standard InChI is InChI=1S/C7H14O5/c1-7(2,3)12-10-5-6(8)11-9-4/h5H2,1-4H3. The van der Waals surface area contributed by atoms with Crippen molar-refractivity contribution >= 4 is 5.97 Å². The number of carbonyl (C=O) groups excluding carboxylic acids is 1. The molecule has 0 aromatic carbocycles. The highest BCUT2D eigenvalue weighted by atomic mass is 17.2. The first-order chi connectivity index (χ1) is 5.45. The highest BCUT2D eigenvalue weighted by molar-refractivity contribution is 5.69. The Bertz CT molecular complexity index is 137. The maximum absolute atomic E-state index is 10.6. The van der Waals surface area contributed by atoms with E-state index in [0.29, 0.717) is 0 Å². The molecule has 0 aliphatic rings. The molecule has 0 unspecified atom stereocenters. The molecule has 0 aromatic heterocycles. The van der Waals surface area contributed by atoms with Crippen molar-refractivity contribution in [1.82, 2.24) is 0 Å². The molecule has 72 valence electrons. The van der Waals surface area contributed by atoms with Gasteiger partial charge in [0.05, 0.1) is 12.7 Å². The van der Waals surface area contributed by atoms with Gasteiger partial charge in [-0.1, -0.05) is 0 Å². The molecule has 0 fully saturated rings. The van der Waals surface area contributed by atoms with Gasteiger partial charge in [-0.2, -0.15) is 4.89 Å². The second-order valence-electron chi connectivity index (χ2n) is 3.08. The van der Waals surface area contributed by atoms with Crippen molar-refractivity contribution in [3.8, 4) is 0 Å². The van der Waals surface area contributed by atoms with E-state index in [9.17, 15) is 4.79 Å². The highest BCUT2D eigenvalue weighted by Crippen LogP contribution is 2.06. The number of hydrogen-bond acceptors (Lipinski definition) is 5. The molecule has 0 aliphatic heterocycles. The summed E-state index contributed by atoms with van der Waals surface area (Å²) in [5, 5.41) is 0. The summed E-state index contributed by atoms with van der Waals surface area (Å²) in [6.45, 7) is 5.11. The van der Waals surface area contributed by atoms with Crippen LogP contribution in [0.25, 0.3) is 0 Å². The summed E-state index contributed by atoms with van der Waals surface area (Å²) in [4.78, 5) is 28.1. The van der Waals surface area contributed by atoms with Crippen LogP contribution < -0.4 is 0 Å². The van der Waals surface area contributed by atoms with Crippen molar-refractivity contribution in [1.29, 1.82) is 0 Å². The zero-order valence-corrected chi connectivity index (χ0v) is 7.75. The van der Waals surface area contributed by atoms with Crippen LogP contribution in [0, 0.1) is 0 Å². The highest BCUT2D eigenvalue weighted by Gasteiger charge is 2.13. The molecule has 5 nitrogen and oxygen atoms in total. The summed E-state index contributed by atoms with van der Waals surface area (Å²) in [6.07, 6.45) is 0. The van der Waals surface area contributed by atoms with E-state index in [2.05, 4.69) is 14.7 Å². The smallest absolute Gasteiger partial charge is 0.296 e. The molecule has 0 rings (SSSR count). The Kier molecular flexibility index (Phi) is 4.80. The molecular weight excluding hydrogens is 164 g/mol. The normalized spacial score (nSPS) is 11.3. The van der Waals surface area contributed by atoms with Crippen LogP contribution in [0.4, 0.5) is 0 Å². The molecule has 0 heterocycles. The van der Waals surface area contributed by atoms with E-state index >= 15 is 0 Å². The maximum atomic E-state index is 10.6. The number of rotatable bonds is 4. The van der Waals surface area contributed by atoms with Gasteiger partial charge in [-0.3, -0.25) is 4.89 Å². The van der Waals surface area contributed by atoms with Gasteiger partial charge in [0.1, 0.15) is 0 Å². The van der Waals surface area contributed by atoms with Crippen LogP contribution in [0.15, 0.2) is 0 Å². The first kappa shape index (κ1) is 11.4. The molecule has 5 heteroatoms. The Balaban J connectivity index is 3.37. The Morgan fingerprint density at radius 2 is 1.92 bits per heavy atom. The van der Waals surface area contributed by atoms with E-state index in [1.54, 1.807) is 20.8 Å². The first-order valence-electron chi connectivity index (χ1n) is 3.50. The molecular formula is C7H14O5. The Labute approximate surface area is 71.4 Å². The summed E-state index contributed by atoms with van der Waals surface area (Å²) in [5.74, 6) is -0.637. The third-order valence-electron chi connectivity index (χ3n) is 0.662. The van der Waals surface area contributed by atoms with Crippen molar-refractivity contribution in [2.75, 3.05) is 13.7 Å². The maximum Gasteiger partial charge on any atom is 0.371 e. The first-order valence-corrected chi connectivity index (χ1v) is 3.50. The topological polar surface area (TPSA) is 54.0 Å². The van der Waals surface area contributed by atoms with Gasteiger partial charge in [-0.05, 0) is 20.8 Å². The molecule has 0 N–H and O–H groups in total. The molecule has 0 aromatic rings. The van der Waals surface area contributed by atoms with E-state index in [1.165, 1.54) is 7.11 Å². The molecule has 0 saturated heterocycles. The van der Waals surface area contributed by atoms with Gasteiger partial charge in [-0.15, -0.1) is 0 Å². The summed E-state index contributed by atoms with van der Waals surface area (Å²) in [7, 11) is 1.24. The number of carbonyl (C=O) groups is 1. The lowest BCUT2D eigenvalue weighted by Gasteiger charge is -2.16. The monoisotopic (exact) mass is 178 g/mol. The average molecular weight is 178 g/mol. The Hall–Kier alpha value is -0.650.